The molecule has 0 fully saturated rings. The molecule has 1 rings (SSSR count). The maximum absolute atomic E-state index is 5.71. The maximum Gasteiger partial charge on any atom is 0.133 e. The molecule has 0 saturated heterocycles. The van der Waals surface area contributed by atoms with Crippen LogP contribution >= 0.6 is 0 Å². The van der Waals surface area contributed by atoms with Gasteiger partial charge in [0.1, 0.15) is 11.6 Å². The van der Waals surface area contributed by atoms with Gasteiger partial charge in [-0.05, 0) is 13.3 Å². The fourth-order valence-corrected chi connectivity index (χ4v) is 1.39. The number of aryl methyl sites for hydroxylation is 1. The van der Waals surface area contributed by atoms with Crippen molar-refractivity contribution in [2.45, 2.75) is 39.2 Å². The van der Waals surface area contributed by atoms with Gasteiger partial charge in [-0.3, -0.25) is 0 Å². The number of nitrogens with zero attached hydrogens (tertiary/aromatic N) is 2. The second kappa shape index (κ2) is 5.66. The highest BCUT2D eigenvalue weighted by Gasteiger charge is 2.06. The van der Waals surface area contributed by atoms with Crippen molar-refractivity contribution in [2.75, 3.05) is 12.8 Å². The highest BCUT2D eigenvalue weighted by atomic mass is 16.5. The first kappa shape index (κ1) is 11.9. The Kier molecular flexibility index (Phi) is 4.49. The molecule has 84 valence electrons. The van der Waals surface area contributed by atoms with Gasteiger partial charge in [0.05, 0.1) is 6.10 Å². The van der Waals surface area contributed by atoms with Crippen LogP contribution < -0.4 is 5.73 Å². The van der Waals surface area contributed by atoms with Gasteiger partial charge in [0.25, 0.3) is 0 Å². The van der Waals surface area contributed by atoms with Crippen molar-refractivity contribution in [3.8, 4) is 0 Å². The summed E-state index contributed by atoms with van der Waals surface area (Å²) in [5.41, 5.74) is 6.73. The molecule has 1 atom stereocenters. The summed E-state index contributed by atoms with van der Waals surface area (Å²) in [6.07, 6.45) is 2.84. The first-order valence-corrected chi connectivity index (χ1v) is 5.30. The van der Waals surface area contributed by atoms with E-state index in [1.54, 1.807) is 7.11 Å². The predicted octanol–water partition coefficient (Wildman–Crippen LogP) is 1.59. The van der Waals surface area contributed by atoms with Crippen LogP contribution in [0.15, 0.2) is 6.07 Å². The summed E-state index contributed by atoms with van der Waals surface area (Å²) in [5, 5.41) is 0. The Hall–Kier alpha value is -1.16. The van der Waals surface area contributed by atoms with E-state index >= 15 is 0 Å². The quantitative estimate of drug-likeness (QED) is 0.800. The van der Waals surface area contributed by atoms with Crippen molar-refractivity contribution in [2.24, 2.45) is 0 Å². The van der Waals surface area contributed by atoms with E-state index in [4.69, 9.17) is 10.5 Å². The third-order valence-electron chi connectivity index (χ3n) is 2.22. The van der Waals surface area contributed by atoms with Crippen LogP contribution in [0.5, 0.6) is 0 Å². The van der Waals surface area contributed by atoms with Crippen molar-refractivity contribution >= 4 is 5.82 Å². The minimum absolute atomic E-state index is 0.126. The smallest absolute Gasteiger partial charge is 0.133 e. The second-order valence-electron chi connectivity index (χ2n) is 3.70. The summed E-state index contributed by atoms with van der Waals surface area (Å²) in [4.78, 5) is 8.63. The molecule has 1 aromatic heterocycles. The lowest BCUT2D eigenvalue weighted by atomic mass is 10.2. The SMILES string of the molecule is CCCc1cc(N)nc(CC(C)OC)n1. The Morgan fingerprint density at radius 2 is 2.20 bits per heavy atom. The molecule has 0 aliphatic heterocycles. The van der Waals surface area contributed by atoms with Crippen LogP contribution in [0.4, 0.5) is 5.82 Å². The van der Waals surface area contributed by atoms with Crippen LogP contribution in [0.2, 0.25) is 0 Å². The largest absolute Gasteiger partial charge is 0.384 e. The molecule has 0 spiro atoms. The molecular weight excluding hydrogens is 190 g/mol. The number of hydrogen-bond donors (Lipinski definition) is 1. The van der Waals surface area contributed by atoms with Crippen molar-refractivity contribution < 1.29 is 4.74 Å². The minimum atomic E-state index is 0.126. The van der Waals surface area contributed by atoms with Gasteiger partial charge in [0.15, 0.2) is 0 Å². The molecule has 0 aromatic carbocycles. The molecule has 0 radical (unpaired) electrons. The molecule has 4 nitrogen and oxygen atoms in total. The number of aromatic nitrogens is 2. The Morgan fingerprint density at radius 1 is 1.47 bits per heavy atom. The summed E-state index contributed by atoms with van der Waals surface area (Å²) < 4.78 is 5.17. The predicted molar refractivity (Wildman–Crippen MR) is 60.6 cm³/mol. The number of rotatable bonds is 5. The van der Waals surface area contributed by atoms with E-state index in [-0.39, 0.29) is 6.10 Å². The molecule has 0 aliphatic carbocycles. The third-order valence-corrected chi connectivity index (χ3v) is 2.22. The van der Waals surface area contributed by atoms with Gasteiger partial charge in [-0.2, -0.15) is 0 Å². The molecule has 0 aliphatic rings. The lowest BCUT2D eigenvalue weighted by Crippen LogP contribution is -2.13. The van der Waals surface area contributed by atoms with Crippen LogP contribution in [0, 0.1) is 0 Å². The average Bonchev–Trinajstić information content (AvgIpc) is 2.17. The summed E-state index contributed by atoms with van der Waals surface area (Å²) in [7, 11) is 1.68. The number of anilines is 1. The second-order valence-corrected chi connectivity index (χ2v) is 3.70. The molecular formula is C11H19N3O. The van der Waals surface area contributed by atoms with Crippen LogP contribution in [0.1, 0.15) is 31.8 Å². The van der Waals surface area contributed by atoms with Crippen LogP contribution in [-0.2, 0) is 17.6 Å². The fourth-order valence-electron chi connectivity index (χ4n) is 1.39. The van der Waals surface area contributed by atoms with E-state index in [0.29, 0.717) is 12.2 Å². The maximum atomic E-state index is 5.71. The molecule has 1 aromatic rings. The molecule has 0 amide bonds. The Bertz CT molecular complexity index is 315. The minimum Gasteiger partial charge on any atom is -0.384 e. The molecule has 0 saturated carbocycles. The zero-order valence-electron chi connectivity index (χ0n) is 9.66. The topological polar surface area (TPSA) is 61.0 Å². The zero-order chi connectivity index (χ0) is 11.3. The van der Waals surface area contributed by atoms with Gasteiger partial charge in [-0.25, -0.2) is 9.97 Å². The Labute approximate surface area is 90.9 Å². The lowest BCUT2D eigenvalue weighted by Gasteiger charge is -2.09. The number of hydrogen-bond acceptors (Lipinski definition) is 4. The fraction of sp³-hybridized carbons (Fsp3) is 0.636. The molecule has 15 heavy (non-hydrogen) atoms. The van der Waals surface area contributed by atoms with E-state index in [2.05, 4.69) is 16.9 Å². The summed E-state index contributed by atoms with van der Waals surface area (Å²) in [6, 6.07) is 1.84. The molecule has 1 unspecified atom stereocenters. The van der Waals surface area contributed by atoms with E-state index < -0.39 is 0 Å². The van der Waals surface area contributed by atoms with Gasteiger partial charge >= 0.3 is 0 Å². The van der Waals surface area contributed by atoms with Crippen molar-refractivity contribution in [1.82, 2.24) is 9.97 Å². The number of nitrogens with two attached hydrogens (primary N) is 1. The van der Waals surface area contributed by atoms with Gasteiger partial charge in [-0.1, -0.05) is 13.3 Å². The molecule has 1 heterocycles. The van der Waals surface area contributed by atoms with E-state index in [9.17, 15) is 0 Å². The number of methoxy groups -OCH3 is 1. The van der Waals surface area contributed by atoms with Gasteiger partial charge in [0, 0.05) is 25.3 Å². The summed E-state index contributed by atoms with van der Waals surface area (Å²) in [5.74, 6) is 1.32. The number of ether oxygens (including phenoxy) is 1. The van der Waals surface area contributed by atoms with Gasteiger partial charge in [0.2, 0.25) is 0 Å². The Morgan fingerprint density at radius 3 is 2.80 bits per heavy atom. The number of nitrogen functional groups attached to an aromatic ring is 1. The summed E-state index contributed by atoms with van der Waals surface area (Å²) >= 11 is 0. The first-order chi connectivity index (χ1) is 7.15. The average molecular weight is 209 g/mol. The highest BCUT2D eigenvalue weighted by molar-refractivity contribution is 5.30. The van der Waals surface area contributed by atoms with E-state index in [1.165, 1.54) is 0 Å². The molecule has 2 N–H and O–H groups in total. The van der Waals surface area contributed by atoms with Gasteiger partial charge < -0.3 is 10.5 Å². The highest BCUT2D eigenvalue weighted by Crippen LogP contribution is 2.08. The normalized spacial score (nSPS) is 12.7. The standard InChI is InChI=1S/C11H19N3O/c1-4-5-9-7-10(12)14-11(13-9)6-8(2)15-3/h7-8H,4-6H2,1-3H3,(H2,12,13,14). The van der Waals surface area contributed by atoms with E-state index in [1.807, 2.05) is 13.0 Å². The Balaban J connectivity index is 2.78. The molecule has 0 bridgehead atoms. The van der Waals surface area contributed by atoms with Crippen molar-refractivity contribution in [3.63, 3.8) is 0 Å². The molecule has 4 heteroatoms. The van der Waals surface area contributed by atoms with Gasteiger partial charge in [-0.15, -0.1) is 0 Å². The van der Waals surface area contributed by atoms with Crippen LogP contribution in [0.3, 0.4) is 0 Å². The van der Waals surface area contributed by atoms with Crippen LogP contribution in [-0.4, -0.2) is 23.2 Å². The lowest BCUT2D eigenvalue weighted by molar-refractivity contribution is 0.117. The van der Waals surface area contributed by atoms with Crippen LogP contribution in [0.25, 0.3) is 0 Å². The van der Waals surface area contributed by atoms with Crippen molar-refractivity contribution in [1.29, 1.82) is 0 Å². The van der Waals surface area contributed by atoms with E-state index in [0.717, 1.165) is 24.4 Å². The first-order valence-electron chi connectivity index (χ1n) is 5.30. The monoisotopic (exact) mass is 209 g/mol. The summed E-state index contributed by atoms with van der Waals surface area (Å²) in [6.45, 7) is 4.11. The van der Waals surface area contributed by atoms with Crippen molar-refractivity contribution in [3.05, 3.63) is 17.6 Å². The third kappa shape index (κ3) is 3.83. The zero-order valence-corrected chi connectivity index (χ0v) is 9.66.